The van der Waals surface area contributed by atoms with Crippen LogP contribution in [-0.2, 0) is 9.59 Å². The van der Waals surface area contributed by atoms with Crippen LogP contribution in [0.25, 0.3) is 11.3 Å². The van der Waals surface area contributed by atoms with Crippen molar-refractivity contribution in [3.8, 4) is 0 Å². The maximum absolute atomic E-state index is 13.1. The highest BCUT2D eigenvalue weighted by molar-refractivity contribution is 6.38. The summed E-state index contributed by atoms with van der Waals surface area (Å²) < 4.78 is 0. The molecule has 2 aliphatic heterocycles. The molecule has 0 spiro atoms. The molecule has 2 amide bonds. The molecule has 0 atom stereocenters. The fourth-order valence-corrected chi connectivity index (χ4v) is 5.21. The molecule has 0 aliphatic carbocycles. The van der Waals surface area contributed by atoms with Crippen LogP contribution in [0.15, 0.2) is 72.8 Å². The highest BCUT2D eigenvalue weighted by Gasteiger charge is 2.28. The monoisotopic (exact) mass is 514 g/mol. The molecule has 0 bridgehead atoms. The van der Waals surface area contributed by atoms with E-state index in [1.165, 1.54) is 19.3 Å². The smallest absolute Gasteiger partial charge is 0.258 e. The van der Waals surface area contributed by atoms with E-state index in [-0.39, 0.29) is 11.8 Å². The molecule has 0 radical (unpaired) electrons. The van der Waals surface area contributed by atoms with Crippen LogP contribution in [0.2, 0.25) is 5.02 Å². The molecule has 0 unspecified atom stereocenters. The van der Waals surface area contributed by atoms with Crippen molar-refractivity contribution in [2.75, 3.05) is 41.7 Å². The average Bonchev–Trinajstić information content (AvgIpc) is 3.23. The summed E-state index contributed by atoms with van der Waals surface area (Å²) in [7, 11) is 0. The highest BCUT2D eigenvalue weighted by Crippen LogP contribution is 2.38. The van der Waals surface area contributed by atoms with Crippen LogP contribution in [0.1, 0.15) is 37.3 Å². The van der Waals surface area contributed by atoms with E-state index in [0.29, 0.717) is 28.5 Å². The van der Waals surface area contributed by atoms with Crippen LogP contribution in [0.4, 0.5) is 17.1 Å². The first-order valence-corrected chi connectivity index (χ1v) is 13.2. The molecule has 2 N–H and O–H groups in total. The van der Waals surface area contributed by atoms with Crippen molar-refractivity contribution in [1.29, 1.82) is 0 Å². The Balaban J connectivity index is 1.42. The van der Waals surface area contributed by atoms with E-state index in [4.69, 9.17) is 11.6 Å². The van der Waals surface area contributed by atoms with Crippen LogP contribution < -0.4 is 15.5 Å². The number of likely N-dealkylation sites (tertiary alicyclic amines) is 1. The second-order valence-electron chi connectivity index (χ2n) is 9.50. The molecule has 0 saturated carbocycles. The Labute approximate surface area is 222 Å². The summed E-state index contributed by atoms with van der Waals surface area (Å²) in [6.45, 7) is 5.37. The Hall–Kier alpha value is -3.61. The van der Waals surface area contributed by atoms with E-state index < -0.39 is 0 Å². The van der Waals surface area contributed by atoms with Crippen LogP contribution in [0.5, 0.6) is 0 Å². The number of nitrogens with zero attached hydrogens (tertiary/aromatic N) is 2. The van der Waals surface area contributed by atoms with Gasteiger partial charge in [0, 0.05) is 42.0 Å². The minimum Gasteiger partial charge on any atom is -0.354 e. The summed E-state index contributed by atoms with van der Waals surface area (Å²) in [4.78, 5) is 29.8. The Morgan fingerprint density at radius 2 is 1.73 bits per heavy atom. The van der Waals surface area contributed by atoms with Crippen molar-refractivity contribution in [2.24, 2.45) is 0 Å². The predicted octanol–water partition coefficient (Wildman–Crippen LogP) is 6.11. The summed E-state index contributed by atoms with van der Waals surface area (Å²) >= 11 is 6.16. The van der Waals surface area contributed by atoms with E-state index in [0.717, 1.165) is 42.1 Å². The molecule has 0 aromatic heterocycles. The van der Waals surface area contributed by atoms with Crippen molar-refractivity contribution in [3.05, 3.63) is 88.9 Å². The molecule has 2 heterocycles. The summed E-state index contributed by atoms with van der Waals surface area (Å²) in [5.74, 6) is -0.150. The molecule has 1 fully saturated rings. The third-order valence-electron chi connectivity index (χ3n) is 6.96. The highest BCUT2D eigenvalue weighted by atomic mass is 35.5. The quantitative estimate of drug-likeness (QED) is 0.373. The van der Waals surface area contributed by atoms with Gasteiger partial charge in [0.05, 0.1) is 17.0 Å². The lowest BCUT2D eigenvalue weighted by Crippen LogP contribution is -2.39. The van der Waals surface area contributed by atoms with Gasteiger partial charge in [-0.05, 0) is 67.9 Å². The van der Waals surface area contributed by atoms with Gasteiger partial charge >= 0.3 is 0 Å². The van der Waals surface area contributed by atoms with Gasteiger partial charge in [-0.2, -0.15) is 0 Å². The van der Waals surface area contributed by atoms with Crippen LogP contribution in [-0.4, -0.2) is 42.9 Å². The number of carbonyl (C=O) groups excluding carboxylic acids is 2. The van der Waals surface area contributed by atoms with Gasteiger partial charge in [0.2, 0.25) is 5.91 Å². The normalized spacial score (nSPS) is 16.6. The maximum Gasteiger partial charge on any atom is 0.258 e. The van der Waals surface area contributed by atoms with Crippen molar-refractivity contribution in [2.45, 2.75) is 26.2 Å². The van der Waals surface area contributed by atoms with Crippen LogP contribution in [0, 0.1) is 0 Å². The summed E-state index contributed by atoms with van der Waals surface area (Å²) in [5.41, 5.74) is 5.36. The molecule has 37 heavy (non-hydrogen) atoms. The summed E-state index contributed by atoms with van der Waals surface area (Å²) in [5, 5.41) is 6.98. The van der Waals surface area contributed by atoms with E-state index in [2.05, 4.69) is 15.5 Å². The van der Waals surface area contributed by atoms with Gasteiger partial charge in [0.1, 0.15) is 0 Å². The number of halogens is 1. The fraction of sp³-hybridized carbons (Fsp3) is 0.267. The average molecular weight is 515 g/mol. The van der Waals surface area contributed by atoms with Crippen molar-refractivity contribution in [1.82, 2.24) is 4.90 Å². The molecule has 7 heteroatoms. The number of benzene rings is 3. The van der Waals surface area contributed by atoms with Crippen molar-refractivity contribution >= 4 is 51.7 Å². The Morgan fingerprint density at radius 3 is 2.43 bits per heavy atom. The lowest BCUT2D eigenvalue weighted by Gasteiger charge is -2.29. The van der Waals surface area contributed by atoms with Crippen LogP contribution >= 0.6 is 11.6 Å². The zero-order valence-corrected chi connectivity index (χ0v) is 21.7. The lowest BCUT2D eigenvalue weighted by molar-refractivity contribution is -0.116. The van der Waals surface area contributed by atoms with Crippen molar-refractivity contribution < 1.29 is 9.59 Å². The number of amides is 2. The van der Waals surface area contributed by atoms with Gasteiger partial charge in [0.25, 0.3) is 5.91 Å². The number of piperidine rings is 1. The second kappa shape index (κ2) is 11.2. The van der Waals surface area contributed by atoms with Gasteiger partial charge in [-0.3, -0.25) is 9.59 Å². The maximum atomic E-state index is 13.1. The van der Waals surface area contributed by atoms with E-state index in [9.17, 15) is 9.59 Å². The fourth-order valence-electron chi connectivity index (χ4n) is 5.04. The van der Waals surface area contributed by atoms with Crippen LogP contribution in [0.3, 0.4) is 0 Å². The molecular weight excluding hydrogens is 484 g/mol. The number of nitrogens with one attached hydrogen (secondary N) is 2. The second-order valence-corrected chi connectivity index (χ2v) is 9.94. The third kappa shape index (κ3) is 5.71. The first-order valence-electron chi connectivity index (χ1n) is 12.8. The number of hydrogen-bond acceptors (Lipinski definition) is 4. The van der Waals surface area contributed by atoms with Gasteiger partial charge < -0.3 is 20.4 Å². The molecule has 2 aliphatic rings. The predicted molar refractivity (Wildman–Crippen MR) is 152 cm³/mol. The zero-order valence-electron chi connectivity index (χ0n) is 21.0. The Bertz CT molecular complexity index is 1320. The van der Waals surface area contributed by atoms with Gasteiger partial charge in [0.15, 0.2) is 0 Å². The third-order valence-corrected chi connectivity index (χ3v) is 7.19. The van der Waals surface area contributed by atoms with E-state index in [1.807, 2.05) is 65.6 Å². The molecular formula is C30H31ClN4O2. The minimum absolute atomic E-state index is 0.0303. The number of rotatable bonds is 7. The largest absolute Gasteiger partial charge is 0.354 e. The minimum atomic E-state index is -0.180. The molecule has 6 nitrogen and oxygen atoms in total. The van der Waals surface area contributed by atoms with Gasteiger partial charge in [-0.25, -0.2) is 0 Å². The first-order chi connectivity index (χ1) is 18.0. The summed E-state index contributed by atoms with van der Waals surface area (Å²) in [6.07, 6.45) is 3.76. The molecule has 1 saturated heterocycles. The Morgan fingerprint density at radius 1 is 1.00 bits per heavy atom. The molecule has 190 valence electrons. The van der Waals surface area contributed by atoms with Gasteiger partial charge in [-0.1, -0.05) is 54.4 Å². The van der Waals surface area contributed by atoms with E-state index >= 15 is 0 Å². The lowest BCUT2D eigenvalue weighted by atomic mass is 10.00. The summed E-state index contributed by atoms with van der Waals surface area (Å²) in [6, 6.07) is 23.0. The topological polar surface area (TPSA) is 64.7 Å². The Kier molecular flexibility index (Phi) is 7.58. The standard InChI is InChI=1S/C30H31ClN4O2/c1-21(36)35(19-18-34-16-6-3-7-17-34)25-13-11-24(12-14-25)32-29(22-8-4-2-5-9-22)28-26-15-10-23(31)20-27(26)33-30(28)37/h2,4-5,8-15,20,32H,3,6-7,16-19H2,1H3,(H,33,37)/b29-28-. The zero-order chi connectivity index (χ0) is 25.8. The number of carbonyl (C=O) groups is 2. The molecule has 5 rings (SSSR count). The molecule has 3 aromatic carbocycles. The SMILES string of the molecule is CC(=O)N(CCN1CCCCC1)c1ccc(N/C(=C2\C(=O)Nc3cc(Cl)ccc32)c2ccccc2)cc1. The molecule has 3 aromatic rings. The first kappa shape index (κ1) is 25.1. The number of anilines is 3. The van der Waals surface area contributed by atoms with Crippen molar-refractivity contribution in [3.63, 3.8) is 0 Å². The number of fused-ring (bicyclic) bond motifs is 1. The number of hydrogen-bond donors (Lipinski definition) is 2. The van der Waals surface area contributed by atoms with E-state index in [1.54, 1.807) is 19.1 Å². The van der Waals surface area contributed by atoms with Gasteiger partial charge in [-0.15, -0.1) is 0 Å².